The second-order valence-electron chi connectivity index (χ2n) is 5.72. The summed E-state index contributed by atoms with van der Waals surface area (Å²) in [5.74, 6) is -0.199. The molecule has 1 unspecified atom stereocenters. The maximum Gasteiger partial charge on any atom is 0.328 e. The van der Waals surface area contributed by atoms with Gasteiger partial charge in [0.25, 0.3) is 0 Å². The number of benzene rings is 1. The lowest BCUT2D eigenvalue weighted by Crippen LogP contribution is -2.48. The van der Waals surface area contributed by atoms with Crippen molar-refractivity contribution < 1.29 is 14.6 Å². The molecule has 0 amide bonds. The Balaban J connectivity index is 2.58. The van der Waals surface area contributed by atoms with Crippen LogP contribution < -0.4 is 5.32 Å². The fourth-order valence-corrected chi connectivity index (χ4v) is 2.39. The van der Waals surface area contributed by atoms with Gasteiger partial charge in [-0.25, -0.2) is 4.79 Å². The van der Waals surface area contributed by atoms with E-state index in [0.717, 1.165) is 18.4 Å². The van der Waals surface area contributed by atoms with Crippen molar-refractivity contribution >= 4 is 5.97 Å². The Labute approximate surface area is 127 Å². The predicted molar refractivity (Wildman–Crippen MR) is 84.3 cm³/mol. The summed E-state index contributed by atoms with van der Waals surface area (Å²) in [6.07, 6.45) is 2.56. The van der Waals surface area contributed by atoms with Crippen molar-refractivity contribution in [3.8, 4) is 0 Å². The number of carbonyl (C=O) groups is 1. The van der Waals surface area contributed by atoms with Gasteiger partial charge < -0.3 is 15.2 Å². The summed E-state index contributed by atoms with van der Waals surface area (Å²) in [6, 6.07) is 9.27. The quantitative estimate of drug-likeness (QED) is 0.651. The Hall–Kier alpha value is -1.39. The highest BCUT2D eigenvalue weighted by Gasteiger charge is 2.38. The molecule has 1 rings (SSSR count). The van der Waals surface area contributed by atoms with Crippen LogP contribution >= 0.6 is 0 Å². The van der Waals surface area contributed by atoms with Crippen LogP contribution in [0.4, 0.5) is 0 Å². The molecule has 0 aliphatic heterocycles. The SMILES string of the molecule is CNC(CCOCCCC(C)C)(C(=O)O)c1ccccc1. The summed E-state index contributed by atoms with van der Waals surface area (Å²) in [4.78, 5) is 11.7. The number of hydrogen-bond acceptors (Lipinski definition) is 3. The van der Waals surface area contributed by atoms with Crippen molar-refractivity contribution in [2.45, 2.75) is 38.6 Å². The number of carboxylic acid groups (broad SMARTS) is 1. The Bertz CT molecular complexity index is 419. The van der Waals surface area contributed by atoms with Crippen molar-refractivity contribution in [3.05, 3.63) is 35.9 Å². The average Bonchev–Trinajstić information content (AvgIpc) is 2.47. The third-order valence-corrected chi connectivity index (χ3v) is 3.75. The van der Waals surface area contributed by atoms with Gasteiger partial charge in [0.2, 0.25) is 0 Å². The smallest absolute Gasteiger partial charge is 0.328 e. The van der Waals surface area contributed by atoms with Crippen LogP contribution in [0.5, 0.6) is 0 Å². The first kappa shape index (κ1) is 17.7. The normalized spacial score (nSPS) is 14.1. The van der Waals surface area contributed by atoms with Crippen LogP contribution in [-0.4, -0.2) is 31.3 Å². The van der Waals surface area contributed by atoms with Gasteiger partial charge in [-0.1, -0.05) is 44.2 Å². The summed E-state index contributed by atoms with van der Waals surface area (Å²) in [7, 11) is 1.68. The molecule has 118 valence electrons. The van der Waals surface area contributed by atoms with Crippen LogP contribution in [0.1, 0.15) is 38.7 Å². The summed E-state index contributed by atoms with van der Waals surface area (Å²) in [5.41, 5.74) is -0.329. The predicted octanol–water partition coefficient (Wildman–Crippen LogP) is 3.03. The minimum absolute atomic E-state index is 0.407. The topological polar surface area (TPSA) is 58.6 Å². The number of hydrogen-bond donors (Lipinski definition) is 2. The third-order valence-electron chi connectivity index (χ3n) is 3.75. The van der Waals surface area contributed by atoms with Gasteiger partial charge in [0.15, 0.2) is 0 Å². The molecule has 2 N–H and O–H groups in total. The van der Waals surface area contributed by atoms with E-state index in [2.05, 4.69) is 19.2 Å². The largest absolute Gasteiger partial charge is 0.480 e. The molecule has 1 atom stereocenters. The molecule has 0 aromatic heterocycles. The van der Waals surface area contributed by atoms with E-state index in [9.17, 15) is 9.90 Å². The number of ether oxygens (including phenoxy) is 1. The van der Waals surface area contributed by atoms with Crippen molar-refractivity contribution in [3.63, 3.8) is 0 Å². The summed E-state index contributed by atoms with van der Waals surface area (Å²) in [6.45, 7) is 5.49. The molecular weight excluding hydrogens is 266 g/mol. The van der Waals surface area contributed by atoms with Crippen LogP contribution in [-0.2, 0) is 15.1 Å². The monoisotopic (exact) mass is 293 g/mol. The van der Waals surface area contributed by atoms with E-state index in [1.54, 1.807) is 7.05 Å². The molecule has 0 fully saturated rings. The van der Waals surface area contributed by atoms with Gasteiger partial charge in [0, 0.05) is 19.6 Å². The molecule has 1 aromatic rings. The van der Waals surface area contributed by atoms with Crippen LogP contribution in [0.25, 0.3) is 0 Å². The molecule has 21 heavy (non-hydrogen) atoms. The van der Waals surface area contributed by atoms with Crippen molar-refractivity contribution in [1.82, 2.24) is 5.32 Å². The molecular formula is C17H27NO3. The van der Waals surface area contributed by atoms with Gasteiger partial charge in [0.05, 0.1) is 0 Å². The molecule has 0 aliphatic rings. The summed E-state index contributed by atoms with van der Waals surface area (Å²) < 4.78 is 5.61. The van der Waals surface area contributed by atoms with Gasteiger partial charge in [-0.2, -0.15) is 0 Å². The van der Waals surface area contributed by atoms with Crippen molar-refractivity contribution in [2.24, 2.45) is 5.92 Å². The molecule has 0 saturated carbocycles. The summed E-state index contributed by atoms with van der Waals surface area (Å²) >= 11 is 0. The van der Waals surface area contributed by atoms with Gasteiger partial charge in [0.1, 0.15) is 5.54 Å². The van der Waals surface area contributed by atoms with Crippen LogP contribution in [0.2, 0.25) is 0 Å². The first-order valence-corrected chi connectivity index (χ1v) is 7.58. The summed E-state index contributed by atoms with van der Waals surface area (Å²) in [5, 5.41) is 12.6. The number of nitrogens with one attached hydrogen (secondary N) is 1. The molecule has 0 spiro atoms. The van der Waals surface area contributed by atoms with Crippen molar-refractivity contribution in [2.75, 3.05) is 20.3 Å². The fraction of sp³-hybridized carbons (Fsp3) is 0.588. The minimum atomic E-state index is -1.08. The number of carboxylic acids is 1. The molecule has 0 radical (unpaired) electrons. The zero-order valence-corrected chi connectivity index (χ0v) is 13.3. The Morgan fingerprint density at radius 2 is 1.95 bits per heavy atom. The maximum atomic E-state index is 11.7. The molecule has 0 heterocycles. The first-order valence-electron chi connectivity index (χ1n) is 7.58. The van der Waals surface area contributed by atoms with E-state index in [4.69, 9.17) is 4.74 Å². The number of likely N-dealkylation sites (N-methyl/N-ethyl adjacent to an activating group) is 1. The highest BCUT2D eigenvalue weighted by atomic mass is 16.5. The standard InChI is InChI=1S/C17H27NO3/c1-14(2)8-7-12-21-13-11-17(18-3,16(19)20)15-9-5-4-6-10-15/h4-6,9-10,14,18H,7-8,11-13H2,1-3H3,(H,19,20). The highest BCUT2D eigenvalue weighted by Crippen LogP contribution is 2.25. The van der Waals surface area contributed by atoms with Crippen LogP contribution in [0.3, 0.4) is 0 Å². The highest BCUT2D eigenvalue weighted by molar-refractivity contribution is 5.80. The molecule has 0 bridgehead atoms. The average molecular weight is 293 g/mol. The second-order valence-corrected chi connectivity index (χ2v) is 5.72. The molecule has 4 heteroatoms. The number of rotatable bonds is 10. The van der Waals surface area contributed by atoms with Gasteiger partial charge >= 0.3 is 5.97 Å². The Morgan fingerprint density at radius 3 is 2.48 bits per heavy atom. The van der Waals surface area contributed by atoms with Gasteiger partial charge in [-0.05, 0) is 31.4 Å². The van der Waals surface area contributed by atoms with E-state index in [1.807, 2.05) is 30.3 Å². The van der Waals surface area contributed by atoms with Crippen molar-refractivity contribution in [1.29, 1.82) is 0 Å². The first-order chi connectivity index (χ1) is 10.0. The lowest BCUT2D eigenvalue weighted by atomic mass is 9.87. The molecule has 0 saturated heterocycles. The Kier molecular flexibility index (Phi) is 7.40. The molecule has 4 nitrogen and oxygen atoms in total. The fourth-order valence-electron chi connectivity index (χ4n) is 2.39. The lowest BCUT2D eigenvalue weighted by molar-refractivity contribution is -0.146. The third kappa shape index (κ3) is 5.14. The van der Waals surface area contributed by atoms with Gasteiger partial charge in [-0.15, -0.1) is 0 Å². The minimum Gasteiger partial charge on any atom is -0.480 e. The zero-order valence-electron chi connectivity index (χ0n) is 13.3. The van der Waals surface area contributed by atoms with E-state index in [-0.39, 0.29) is 0 Å². The molecule has 1 aromatic carbocycles. The Morgan fingerprint density at radius 1 is 1.29 bits per heavy atom. The second kappa shape index (κ2) is 8.80. The molecule has 0 aliphatic carbocycles. The van der Waals surface area contributed by atoms with E-state index in [0.29, 0.717) is 25.6 Å². The lowest BCUT2D eigenvalue weighted by Gasteiger charge is -2.29. The van der Waals surface area contributed by atoms with E-state index >= 15 is 0 Å². The maximum absolute atomic E-state index is 11.7. The van der Waals surface area contributed by atoms with E-state index in [1.165, 1.54) is 0 Å². The van der Waals surface area contributed by atoms with E-state index < -0.39 is 11.5 Å². The van der Waals surface area contributed by atoms with Gasteiger partial charge in [-0.3, -0.25) is 0 Å². The zero-order chi connectivity index (χ0) is 15.7. The van der Waals surface area contributed by atoms with Crippen LogP contribution in [0, 0.1) is 5.92 Å². The van der Waals surface area contributed by atoms with Crippen LogP contribution in [0.15, 0.2) is 30.3 Å². The number of aliphatic carboxylic acids is 1.